The second-order valence-corrected chi connectivity index (χ2v) is 10.3. The molecular formula is C25H32N4O5S2. The van der Waals surface area contributed by atoms with E-state index in [9.17, 15) is 19.6 Å². The minimum Gasteiger partial charge on any atom is -0.466 e. The van der Waals surface area contributed by atoms with Gasteiger partial charge >= 0.3 is 5.97 Å². The van der Waals surface area contributed by atoms with Crippen molar-refractivity contribution in [2.45, 2.75) is 46.6 Å². The molecule has 0 atom stereocenters. The monoisotopic (exact) mass is 532 g/mol. The highest BCUT2D eigenvalue weighted by atomic mass is 32.2. The number of aromatic nitrogens is 1. The van der Waals surface area contributed by atoms with E-state index in [1.54, 1.807) is 36.5 Å². The number of piperidine rings is 1. The van der Waals surface area contributed by atoms with Gasteiger partial charge in [0.15, 0.2) is 0 Å². The van der Waals surface area contributed by atoms with Crippen molar-refractivity contribution in [2.75, 3.05) is 44.9 Å². The van der Waals surface area contributed by atoms with Gasteiger partial charge in [0.1, 0.15) is 21.8 Å². The smallest absolute Gasteiger partial charge is 0.309 e. The number of carbonyl (C=O) groups excluding carboxylic acids is 2. The number of carbonyl (C=O) groups is 2. The van der Waals surface area contributed by atoms with Crippen molar-refractivity contribution in [3.63, 3.8) is 0 Å². The first-order chi connectivity index (χ1) is 17.3. The largest absolute Gasteiger partial charge is 0.466 e. The summed E-state index contributed by atoms with van der Waals surface area (Å²) in [5.74, 6) is 0.0823. The molecule has 1 amide bonds. The summed E-state index contributed by atoms with van der Waals surface area (Å²) in [5, 5.41) is 9.75. The normalized spacial score (nSPS) is 17.7. The van der Waals surface area contributed by atoms with Crippen molar-refractivity contribution in [1.82, 2.24) is 9.47 Å². The number of amides is 1. The predicted octanol–water partition coefficient (Wildman–Crippen LogP) is 3.07. The van der Waals surface area contributed by atoms with Gasteiger partial charge in [-0.15, -0.1) is 0 Å². The molecule has 0 aliphatic carbocycles. The van der Waals surface area contributed by atoms with Gasteiger partial charge in [-0.05, 0) is 51.7 Å². The summed E-state index contributed by atoms with van der Waals surface area (Å²) in [5.41, 5.74) is 0.882. The number of ether oxygens (including phenoxy) is 2. The van der Waals surface area contributed by atoms with E-state index in [4.69, 9.17) is 21.7 Å². The van der Waals surface area contributed by atoms with Crippen molar-refractivity contribution in [1.29, 1.82) is 5.26 Å². The third kappa shape index (κ3) is 5.66. The van der Waals surface area contributed by atoms with Gasteiger partial charge in [0.2, 0.25) is 0 Å². The summed E-state index contributed by atoms with van der Waals surface area (Å²) in [7, 11) is 1.61. The van der Waals surface area contributed by atoms with E-state index in [-0.39, 0.29) is 28.9 Å². The van der Waals surface area contributed by atoms with Crippen molar-refractivity contribution in [2.24, 2.45) is 5.92 Å². The van der Waals surface area contributed by atoms with Gasteiger partial charge in [0, 0.05) is 45.5 Å². The Balaban J connectivity index is 2.04. The quantitative estimate of drug-likeness (QED) is 0.205. The average molecular weight is 533 g/mol. The van der Waals surface area contributed by atoms with E-state index < -0.39 is 0 Å². The van der Waals surface area contributed by atoms with Crippen LogP contribution in [0.2, 0.25) is 0 Å². The first kappa shape index (κ1) is 27.9. The third-order valence-electron chi connectivity index (χ3n) is 6.46. The predicted molar refractivity (Wildman–Crippen MR) is 144 cm³/mol. The van der Waals surface area contributed by atoms with Crippen LogP contribution in [0.15, 0.2) is 9.70 Å². The van der Waals surface area contributed by atoms with Crippen LogP contribution >= 0.6 is 24.0 Å². The Bertz CT molecular complexity index is 1160. The molecule has 3 heterocycles. The van der Waals surface area contributed by atoms with Crippen LogP contribution in [0, 0.1) is 24.2 Å². The summed E-state index contributed by atoms with van der Waals surface area (Å²) >= 11 is 6.67. The van der Waals surface area contributed by atoms with Crippen LogP contribution in [0.3, 0.4) is 0 Å². The fourth-order valence-corrected chi connectivity index (χ4v) is 5.85. The molecule has 0 spiro atoms. The fourth-order valence-electron chi connectivity index (χ4n) is 4.56. The lowest BCUT2D eigenvalue weighted by Gasteiger charge is -2.35. The van der Waals surface area contributed by atoms with Crippen LogP contribution in [0.5, 0.6) is 0 Å². The van der Waals surface area contributed by atoms with Gasteiger partial charge in [-0.1, -0.05) is 24.0 Å². The SMILES string of the molecule is CCOC(=O)C1CCN(c2c(/C=C3/SC(=S)N(CCCOC)C3=O)c(C)c(C#N)c(=O)n2CC)CC1. The zero-order valence-electron chi connectivity index (χ0n) is 21.2. The molecule has 0 aromatic carbocycles. The van der Waals surface area contributed by atoms with E-state index in [0.717, 1.165) is 0 Å². The molecule has 0 radical (unpaired) electrons. The number of nitrogens with zero attached hydrogens (tertiary/aromatic N) is 4. The molecule has 11 heteroatoms. The van der Waals surface area contributed by atoms with Crippen molar-refractivity contribution >= 4 is 52.1 Å². The summed E-state index contributed by atoms with van der Waals surface area (Å²) in [6, 6.07) is 2.05. The number of pyridine rings is 1. The molecule has 2 saturated heterocycles. The van der Waals surface area contributed by atoms with Crippen molar-refractivity contribution < 1.29 is 19.1 Å². The Morgan fingerprint density at radius 2 is 1.97 bits per heavy atom. The fraction of sp³-hybridized carbons (Fsp3) is 0.560. The van der Waals surface area contributed by atoms with E-state index in [1.165, 1.54) is 11.8 Å². The summed E-state index contributed by atoms with van der Waals surface area (Å²) in [6.45, 7) is 8.16. The molecule has 1 aromatic rings. The highest BCUT2D eigenvalue weighted by Crippen LogP contribution is 2.36. The minimum atomic E-state index is -0.357. The van der Waals surface area contributed by atoms with Crippen LogP contribution in [0.1, 0.15) is 49.8 Å². The molecule has 2 fully saturated rings. The molecule has 1 aromatic heterocycles. The summed E-state index contributed by atoms with van der Waals surface area (Å²) in [6.07, 6.45) is 3.60. The maximum absolute atomic E-state index is 13.2. The average Bonchev–Trinajstić information content (AvgIpc) is 3.13. The Morgan fingerprint density at radius 3 is 2.56 bits per heavy atom. The maximum atomic E-state index is 13.2. The number of nitriles is 1. The zero-order valence-corrected chi connectivity index (χ0v) is 22.8. The van der Waals surface area contributed by atoms with Gasteiger partial charge < -0.3 is 14.4 Å². The molecule has 0 saturated carbocycles. The second-order valence-electron chi connectivity index (χ2n) is 8.59. The number of esters is 1. The highest BCUT2D eigenvalue weighted by Gasteiger charge is 2.34. The molecule has 0 N–H and O–H groups in total. The lowest BCUT2D eigenvalue weighted by molar-refractivity contribution is -0.148. The number of anilines is 1. The topological polar surface area (TPSA) is 105 Å². The van der Waals surface area contributed by atoms with Crippen LogP contribution in [-0.2, 0) is 25.6 Å². The molecule has 3 rings (SSSR count). The summed E-state index contributed by atoms with van der Waals surface area (Å²) < 4.78 is 12.3. The van der Waals surface area contributed by atoms with Gasteiger partial charge in [-0.3, -0.25) is 23.9 Å². The van der Waals surface area contributed by atoms with Crippen molar-refractivity contribution in [3.8, 4) is 6.07 Å². The number of hydrogen-bond acceptors (Lipinski definition) is 9. The number of hydrogen-bond donors (Lipinski definition) is 0. The highest BCUT2D eigenvalue weighted by molar-refractivity contribution is 8.26. The van der Waals surface area contributed by atoms with E-state index in [1.807, 2.05) is 13.0 Å². The molecule has 0 unspecified atom stereocenters. The molecule has 194 valence electrons. The van der Waals surface area contributed by atoms with Crippen LogP contribution in [0.4, 0.5) is 5.82 Å². The number of thioether (sulfide) groups is 1. The van der Waals surface area contributed by atoms with Crippen molar-refractivity contribution in [3.05, 3.63) is 31.9 Å². The Kier molecular flexibility index (Phi) is 9.70. The van der Waals surface area contributed by atoms with E-state index in [0.29, 0.717) is 84.8 Å². The van der Waals surface area contributed by atoms with E-state index in [2.05, 4.69) is 4.90 Å². The Hall–Kier alpha value is -2.68. The minimum absolute atomic E-state index is 0.0591. The molecule has 36 heavy (non-hydrogen) atoms. The first-order valence-electron chi connectivity index (χ1n) is 12.1. The standard InChI is InChI=1S/C25H32N4O5S2/c1-5-28-21(27-11-8-17(9-12-27)24(32)34-6-2)18(16(3)19(15-26)22(28)30)14-20-23(31)29(25(35)36-20)10-7-13-33-4/h14,17H,5-13H2,1-4H3/b20-14+. The second kappa shape index (κ2) is 12.5. The van der Waals surface area contributed by atoms with Gasteiger partial charge in [0.25, 0.3) is 11.5 Å². The number of thiocarbonyl (C=S) groups is 1. The van der Waals surface area contributed by atoms with Gasteiger partial charge in [-0.25, -0.2) is 0 Å². The van der Waals surface area contributed by atoms with Crippen LogP contribution in [-0.4, -0.2) is 65.6 Å². The van der Waals surface area contributed by atoms with E-state index >= 15 is 0 Å². The molecule has 2 aliphatic heterocycles. The van der Waals surface area contributed by atoms with Gasteiger partial charge in [-0.2, -0.15) is 5.26 Å². The number of methoxy groups -OCH3 is 1. The lowest BCUT2D eigenvalue weighted by Crippen LogP contribution is -2.41. The maximum Gasteiger partial charge on any atom is 0.309 e. The first-order valence-corrected chi connectivity index (χ1v) is 13.3. The zero-order chi connectivity index (χ0) is 26.4. The molecule has 9 nitrogen and oxygen atoms in total. The lowest BCUT2D eigenvalue weighted by atomic mass is 9.95. The molecule has 0 bridgehead atoms. The third-order valence-corrected chi connectivity index (χ3v) is 7.83. The van der Waals surface area contributed by atoms with Crippen LogP contribution in [0.25, 0.3) is 6.08 Å². The summed E-state index contributed by atoms with van der Waals surface area (Å²) in [4.78, 5) is 42.7. The van der Waals surface area contributed by atoms with Gasteiger partial charge in [0.05, 0.1) is 17.4 Å². The Labute approximate surface area is 221 Å². The Morgan fingerprint density at radius 1 is 1.28 bits per heavy atom. The molecule has 2 aliphatic rings. The molecular weight excluding hydrogens is 500 g/mol. The van der Waals surface area contributed by atoms with Crippen LogP contribution < -0.4 is 10.5 Å². The number of rotatable bonds is 9.